The first kappa shape index (κ1) is 20.6. The number of pyridine rings is 1. The van der Waals surface area contributed by atoms with Crippen molar-refractivity contribution in [3.8, 4) is 11.5 Å². The summed E-state index contributed by atoms with van der Waals surface area (Å²) in [4.78, 5) is 29.7. The Morgan fingerprint density at radius 1 is 0.969 bits per heavy atom. The van der Waals surface area contributed by atoms with E-state index in [0.29, 0.717) is 18.5 Å². The van der Waals surface area contributed by atoms with E-state index >= 15 is 0 Å². The molecule has 1 amide bonds. The summed E-state index contributed by atoms with van der Waals surface area (Å²) in [5, 5.41) is 0.694. The molecule has 0 aliphatic carbocycles. The molecule has 0 atom stereocenters. The molecule has 1 saturated heterocycles. The molecule has 1 fully saturated rings. The van der Waals surface area contributed by atoms with Gasteiger partial charge >= 0.3 is 0 Å². The lowest BCUT2D eigenvalue weighted by atomic mass is 10.1. The molecule has 166 valence electrons. The fraction of sp³-hybridized carbons (Fsp3) is 0.360. The first-order valence-corrected chi connectivity index (χ1v) is 11.0. The average Bonchev–Trinajstić information content (AvgIpc) is 3.23. The van der Waals surface area contributed by atoms with Gasteiger partial charge < -0.3 is 18.9 Å². The van der Waals surface area contributed by atoms with Crippen LogP contribution < -0.4 is 14.9 Å². The number of benzene rings is 2. The molecule has 2 aliphatic rings. The van der Waals surface area contributed by atoms with E-state index in [1.54, 1.807) is 12.3 Å². The summed E-state index contributed by atoms with van der Waals surface area (Å²) in [5.74, 6) is 1.68. The summed E-state index contributed by atoms with van der Waals surface area (Å²) in [6.45, 7) is 8.33. The van der Waals surface area contributed by atoms with E-state index in [1.807, 2.05) is 47.6 Å². The first-order valence-electron chi connectivity index (χ1n) is 11.0. The normalized spacial score (nSPS) is 16.0. The Kier molecular flexibility index (Phi) is 5.35. The average molecular weight is 434 g/mol. The summed E-state index contributed by atoms with van der Waals surface area (Å²) in [7, 11) is 0. The minimum absolute atomic E-state index is 0.00155. The van der Waals surface area contributed by atoms with Crippen LogP contribution >= 0.6 is 0 Å². The van der Waals surface area contributed by atoms with Crippen molar-refractivity contribution in [1.82, 2.24) is 14.4 Å². The second-order valence-corrected chi connectivity index (χ2v) is 8.63. The van der Waals surface area contributed by atoms with Crippen molar-refractivity contribution in [2.75, 3.05) is 33.0 Å². The third-order valence-corrected chi connectivity index (χ3v) is 6.29. The predicted molar refractivity (Wildman–Crippen MR) is 122 cm³/mol. The van der Waals surface area contributed by atoms with E-state index in [1.165, 1.54) is 5.56 Å². The molecule has 0 saturated carbocycles. The minimum Gasteiger partial charge on any atom is -0.454 e. The summed E-state index contributed by atoms with van der Waals surface area (Å²) >= 11 is 0. The molecule has 0 unspecified atom stereocenters. The maximum atomic E-state index is 13.0. The van der Waals surface area contributed by atoms with Gasteiger partial charge in [0.15, 0.2) is 16.9 Å². The maximum Gasteiger partial charge on any atom is 0.242 e. The van der Waals surface area contributed by atoms with Gasteiger partial charge in [-0.3, -0.25) is 14.5 Å². The van der Waals surface area contributed by atoms with Crippen LogP contribution in [0.15, 0.2) is 47.4 Å². The number of carbonyl (C=O) groups is 1. The number of nitrogens with zero attached hydrogens (tertiary/aromatic N) is 3. The van der Waals surface area contributed by atoms with Gasteiger partial charge in [0.2, 0.25) is 12.7 Å². The van der Waals surface area contributed by atoms with Crippen LogP contribution in [0.3, 0.4) is 0 Å². The molecule has 0 N–H and O–H groups in total. The highest BCUT2D eigenvalue weighted by molar-refractivity contribution is 5.85. The van der Waals surface area contributed by atoms with Crippen LogP contribution in [0.5, 0.6) is 11.5 Å². The van der Waals surface area contributed by atoms with Crippen LogP contribution in [0.25, 0.3) is 10.9 Å². The second kappa shape index (κ2) is 8.31. The number of aromatic nitrogens is 1. The molecular formula is C25H27N3O4. The van der Waals surface area contributed by atoms with E-state index in [4.69, 9.17) is 9.47 Å². The van der Waals surface area contributed by atoms with Crippen molar-refractivity contribution in [2.24, 2.45) is 0 Å². The molecular weight excluding hydrogens is 406 g/mol. The van der Waals surface area contributed by atoms with E-state index < -0.39 is 0 Å². The highest BCUT2D eigenvalue weighted by Crippen LogP contribution is 2.32. The standard InChI is InChI=1S/C25H27N3O4/c1-17-11-18(2)25-20(12-17)28(6-5-21(25)29)15-24(30)27-9-7-26(8-10-27)14-19-3-4-22-23(13-19)32-16-31-22/h3-6,11-13H,7-10,14-16H2,1-2H3. The molecule has 2 aliphatic heterocycles. The van der Waals surface area contributed by atoms with Gasteiger partial charge in [-0.2, -0.15) is 0 Å². The quantitative estimate of drug-likeness (QED) is 0.633. The largest absolute Gasteiger partial charge is 0.454 e. The molecule has 0 radical (unpaired) electrons. The summed E-state index contributed by atoms with van der Waals surface area (Å²) in [6.07, 6.45) is 1.73. The fourth-order valence-electron chi connectivity index (χ4n) is 4.65. The first-order chi connectivity index (χ1) is 15.5. The van der Waals surface area contributed by atoms with Crippen LogP contribution in [0.4, 0.5) is 0 Å². The van der Waals surface area contributed by atoms with Crippen LogP contribution in [0.1, 0.15) is 16.7 Å². The number of hydrogen-bond donors (Lipinski definition) is 0. The van der Waals surface area contributed by atoms with Crippen LogP contribution in [-0.4, -0.2) is 53.2 Å². The summed E-state index contributed by atoms with van der Waals surface area (Å²) in [6, 6.07) is 11.6. The molecule has 7 heteroatoms. The van der Waals surface area contributed by atoms with E-state index in [-0.39, 0.29) is 24.7 Å². The Hall–Kier alpha value is -3.32. The molecule has 0 spiro atoms. The van der Waals surface area contributed by atoms with Crippen LogP contribution in [0, 0.1) is 13.8 Å². The van der Waals surface area contributed by atoms with Crippen LogP contribution in [0.2, 0.25) is 0 Å². The Morgan fingerprint density at radius 3 is 2.56 bits per heavy atom. The third kappa shape index (κ3) is 3.96. The number of fused-ring (bicyclic) bond motifs is 2. The molecule has 3 aromatic rings. The SMILES string of the molecule is Cc1cc(C)c2c(=O)ccn(CC(=O)N3CCN(Cc4ccc5c(c4)OCO5)CC3)c2c1. The van der Waals surface area contributed by atoms with Crippen LogP contribution in [-0.2, 0) is 17.9 Å². The topological polar surface area (TPSA) is 64.0 Å². The number of piperazine rings is 1. The van der Waals surface area contributed by atoms with E-state index in [9.17, 15) is 9.59 Å². The zero-order valence-electron chi connectivity index (χ0n) is 18.5. The third-order valence-electron chi connectivity index (χ3n) is 6.29. The number of carbonyl (C=O) groups excluding carboxylic acids is 1. The lowest BCUT2D eigenvalue weighted by molar-refractivity contribution is -0.133. The van der Waals surface area contributed by atoms with Gasteiger partial charge in [-0.05, 0) is 48.7 Å². The van der Waals surface area contributed by atoms with Gasteiger partial charge in [-0.1, -0.05) is 12.1 Å². The molecule has 3 heterocycles. The van der Waals surface area contributed by atoms with Crippen molar-refractivity contribution in [1.29, 1.82) is 0 Å². The molecule has 5 rings (SSSR count). The van der Waals surface area contributed by atoms with Gasteiger partial charge in [0.1, 0.15) is 6.54 Å². The van der Waals surface area contributed by atoms with E-state index in [2.05, 4.69) is 11.0 Å². The Balaban J connectivity index is 1.24. The lowest BCUT2D eigenvalue weighted by Crippen LogP contribution is -2.49. The number of rotatable bonds is 4. The van der Waals surface area contributed by atoms with Crippen molar-refractivity contribution >= 4 is 16.8 Å². The summed E-state index contributed by atoms with van der Waals surface area (Å²) < 4.78 is 12.8. The molecule has 7 nitrogen and oxygen atoms in total. The van der Waals surface area contributed by atoms with Crippen molar-refractivity contribution in [3.63, 3.8) is 0 Å². The Labute approximate surface area is 186 Å². The predicted octanol–water partition coefficient (Wildman–Crippen LogP) is 2.69. The lowest BCUT2D eigenvalue weighted by Gasteiger charge is -2.35. The highest BCUT2D eigenvalue weighted by Gasteiger charge is 2.22. The van der Waals surface area contributed by atoms with Gasteiger partial charge in [0, 0.05) is 50.4 Å². The smallest absolute Gasteiger partial charge is 0.242 e. The minimum atomic E-state index is -0.00155. The van der Waals surface area contributed by atoms with Gasteiger partial charge in [0.05, 0.1) is 5.52 Å². The highest BCUT2D eigenvalue weighted by atomic mass is 16.7. The van der Waals surface area contributed by atoms with Gasteiger partial charge in [-0.25, -0.2) is 0 Å². The van der Waals surface area contributed by atoms with Crippen molar-refractivity contribution in [3.05, 3.63) is 69.5 Å². The number of hydrogen-bond acceptors (Lipinski definition) is 5. The second-order valence-electron chi connectivity index (χ2n) is 8.63. The molecule has 2 aromatic carbocycles. The van der Waals surface area contributed by atoms with Gasteiger partial charge in [0.25, 0.3) is 0 Å². The Bertz CT molecular complexity index is 1240. The zero-order chi connectivity index (χ0) is 22.2. The van der Waals surface area contributed by atoms with Crippen molar-refractivity contribution in [2.45, 2.75) is 26.9 Å². The fourth-order valence-corrected chi connectivity index (χ4v) is 4.65. The number of aryl methyl sites for hydroxylation is 2. The monoisotopic (exact) mass is 433 g/mol. The summed E-state index contributed by atoms with van der Waals surface area (Å²) in [5.41, 5.74) is 4.03. The zero-order valence-corrected chi connectivity index (χ0v) is 18.5. The maximum absolute atomic E-state index is 13.0. The van der Waals surface area contributed by atoms with Crippen molar-refractivity contribution < 1.29 is 14.3 Å². The van der Waals surface area contributed by atoms with Gasteiger partial charge in [-0.15, -0.1) is 0 Å². The number of ether oxygens (including phenoxy) is 2. The molecule has 0 bridgehead atoms. The van der Waals surface area contributed by atoms with E-state index in [0.717, 1.165) is 47.8 Å². The molecule has 32 heavy (non-hydrogen) atoms. The Morgan fingerprint density at radius 2 is 1.75 bits per heavy atom. The number of amides is 1. The molecule has 1 aromatic heterocycles.